The van der Waals surface area contributed by atoms with Crippen LogP contribution in [0.25, 0.3) is 16.8 Å². The van der Waals surface area contributed by atoms with Crippen LogP contribution in [0.2, 0.25) is 0 Å². The number of amides is 2. The second-order valence-corrected chi connectivity index (χ2v) is 6.32. The first kappa shape index (κ1) is 17.2. The molecule has 2 aromatic carbocycles. The fraction of sp³-hybridized carbons (Fsp3) is 0.300. The number of nitrogens with zero attached hydrogens (tertiary/aromatic N) is 2. The van der Waals surface area contributed by atoms with Crippen molar-refractivity contribution in [3.8, 4) is 0 Å². The molecular formula is C20H23N3O2. The van der Waals surface area contributed by atoms with Crippen molar-refractivity contribution < 1.29 is 9.59 Å². The molecule has 3 rings (SSSR count). The minimum Gasteiger partial charge on any atom is -0.369 e. The van der Waals surface area contributed by atoms with Crippen LogP contribution in [-0.4, -0.2) is 54.3 Å². The van der Waals surface area contributed by atoms with Crippen molar-refractivity contribution >= 4 is 28.7 Å². The Hall–Kier alpha value is -2.66. The van der Waals surface area contributed by atoms with Crippen molar-refractivity contribution in [3.63, 3.8) is 0 Å². The average molecular weight is 337 g/mol. The van der Waals surface area contributed by atoms with E-state index in [1.165, 1.54) is 0 Å². The second kappa shape index (κ2) is 7.94. The molecule has 130 valence electrons. The van der Waals surface area contributed by atoms with Gasteiger partial charge in [-0.2, -0.15) is 0 Å². The number of primary amides is 1. The maximum Gasteiger partial charge on any atom is 0.246 e. The van der Waals surface area contributed by atoms with Crippen LogP contribution in [0.5, 0.6) is 0 Å². The predicted octanol–water partition coefficient (Wildman–Crippen LogP) is 1.87. The Bertz CT molecular complexity index is 795. The summed E-state index contributed by atoms with van der Waals surface area (Å²) in [6.45, 7) is 3.05. The van der Waals surface area contributed by atoms with Gasteiger partial charge in [0.1, 0.15) is 0 Å². The zero-order valence-corrected chi connectivity index (χ0v) is 14.2. The highest BCUT2D eigenvalue weighted by Crippen LogP contribution is 2.19. The quantitative estimate of drug-likeness (QED) is 0.866. The van der Waals surface area contributed by atoms with Crippen molar-refractivity contribution in [3.05, 3.63) is 54.1 Å². The largest absolute Gasteiger partial charge is 0.369 e. The maximum absolute atomic E-state index is 12.5. The van der Waals surface area contributed by atoms with Gasteiger partial charge in [-0.15, -0.1) is 0 Å². The molecule has 0 saturated carbocycles. The van der Waals surface area contributed by atoms with Gasteiger partial charge in [-0.3, -0.25) is 14.5 Å². The van der Waals surface area contributed by atoms with E-state index in [-0.39, 0.29) is 18.4 Å². The third-order valence-electron chi connectivity index (χ3n) is 4.51. The lowest BCUT2D eigenvalue weighted by molar-refractivity contribution is -0.125. The molecule has 5 heteroatoms. The van der Waals surface area contributed by atoms with Gasteiger partial charge in [0, 0.05) is 32.3 Å². The summed E-state index contributed by atoms with van der Waals surface area (Å²) in [5.74, 6) is -0.315. The van der Waals surface area contributed by atoms with E-state index in [0.29, 0.717) is 19.6 Å². The van der Waals surface area contributed by atoms with Gasteiger partial charge >= 0.3 is 0 Å². The van der Waals surface area contributed by atoms with Crippen molar-refractivity contribution in [2.75, 3.05) is 32.7 Å². The summed E-state index contributed by atoms with van der Waals surface area (Å²) in [5.41, 5.74) is 6.29. The number of rotatable bonds is 4. The molecule has 0 aromatic heterocycles. The Balaban J connectivity index is 1.67. The summed E-state index contributed by atoms with van der Waals surface area (Å²) in [4.78, 5) is 27.4. The molecule has 0 radical (unpaired) electrons. The fourth-order valence-corrected chi connectivity index (χ4v) is 3.23. The minimum atomic E-state index is -0.323. The number of nitrogens with two attached hydrogens (primary N) is 1. The van der Waals surface area contributed by atoms with Crippen LogP contribution < -0.4 is 5.73 Å². The van der Waals surface area contributed by atoms with E-state index in [9.17, 15) is 9.59 Å². The molecule has 2 N–H and O–H groups in total. The van der Waals surface area contributed by atoms with Gasteiger partial charge in [-0.05, 0) is 28.8 Å². The van der Waals surface area contributed by atoms with Crippen molar-refractivity contribution in [1.82, 2.24) is 9.80 Å². The first-order valence-corrected chi connectivity index (χ1v) is 8.59. The van der Waals surface area contributed by atoms with Gasteiger partial charge in [0.15, 0.2) is 0 Å². The van der Waals surface area contributed by atoms with Crippen molar-refractivity contribution in [1.29, 1.82) is 0 Å². The molecule has 2 amide bonds. The molecular weight excluding hydrogens is 314 g/mol. The van der Waals surface area contributed by atoms with Crippen molar-refractivity contribution in [2.24, 2.45) is 5.73 Å². The highest BCUT2D eigenvalue weighted by molar-refractivity contribution is 5.96. The topological polar surface area (TPSA) is 66.6 Å². The van der Waals surface area contributed by atoms with E-state index in [0.717, 1.165) is 29.3 Å². The Labute approximate surface area is 147 Å². The second-order valence-electron chi connectivity index (χ2n) is 6.32. The van der Waals surface area contributed by atoms with Crippen LogP contribution in [0, 0.1) is 0 Å². The van der Waals surface area contributed by atoms with E-state index in [1.54, 1.807) is 6.08 Å². The minimum absolute atomic E-state index is 0.00820. The molecule has 0 spiro atoms. The summed E-state index contributed by atoms with van der Waals surface area (Å²) in [5, 5.41) is 2.30. The van der Waals surface area contributed by atoms with E-state index in [4.69, 9.17) is 5.73 Å². The van der Waals surface area contributed by atoms with Gasteiger partial charge in [0.05, 0.1) is 6.54 Å². The zero-order chi connectivity index (χ0) is 17.6. The average Bonchev–Trinajstić information content (AvgIpc) is 2.84. The van der Waals surface area contributed by atoms with Crippen LogP contribution in [0.4, 0.5) is 0 Å². The molecule has 0 aliphatic carbocycles. The monoisotopic (exact) mass is 337 g/mol. The highest BCUT2D eigenvalue weighted by atomic mass is 16.2. The first-order chi connectivity index (χ1) is 12.1. The smallest absolute Gasteiger partial charge is 0.246 e. The summed E-state index contributed by atoms with van der Waals surface area (Å²) in [7, 11) is 0. The number of benzene rings is 2. The van der Waals surface area contributed by atoms with E-state index >= 15 is 0 Å². The van der Waals surface area contributed by atoms with Crippen LogP contribution in [0.1, 0.15) is 12.0 Å². The lowest BCUT2D eigenvalue weighted by Crippen LogP contribution is -2.37. The number of fused-ring (bicyclic) bond motifs is 1. The van der Waals surface area contributed by atoms with Crippen LogP contribution in [0.15, 0.2) is 48.5 Å². The molecule has 2 aromatic rings. The third-order valence-corrected chi connectivity index (χ3v) is 4.51. The Morgan fingerprint density at radius 1 is 1.00 bits per heavy atom. The van der Waals surface area contributed by atoms with Gasteiger partial charge < -0.3 is 10.6 Å². The Kier molecular flexibility index (Phi) is 5.46. The molecule has 1 aliphatic rings. The van der Waals surface area contributed by atoms with Gasteiger partial charge in [0.25, 0.3) is 0 Å². The SMILES string of the molecule is NC(=O)CN1CCCN(C(=O)/C=C\c2cccc3ccccc23)CC1. The molecule has 5 nitrogen and oxygen atoms in total. The van der Waals surface area contributed by atoms with Crippen LogP contribution >= 0.6 is 0 Å². The van der Waals surface area contributed by atoms with E-state index in [1.807, 2.05) is 40.1 Å². The predicted molar refractivity (Wildman–Crippen MR) is 99.8 cm³/mol. The summed E-state index contributed by atoms with van der Waals surface area (Å²) >= 11 is 0. The zero-order valence-electron chi connectivity index (χ0n) is 14.2. The molecule has 0 unspecified atom stereocenters. The number of hydrogen-bond donors (Lipinski definition) is 1. The van der Waals surface area contributed by atoms with Gasteiger partial charge in [-0.1, -0.05) is 42.5 Å². The standard InChI is InChI=1S/C20H23N3O2/c21-19(24)15-22-11-4-12-23(14-13-22)20(25)10-9-17-7-3-6-16-5-1-2-8-18(16)17/h1-3,5-10H,4,11-15H2,(H2,21,24)/b10-9-. The van der Waals surface area contributed by atoms with Crippen LogP contribution in [0.3, 0.4) is 0 Å². The maximum atomic E-state index is 12.5. The third kappa shape index (κ3) is 4.45. The van der Waals surface area contributed by atoms with Crippen molar-refractivity contribution in [2.45, 2.75) is 6.42 Å². The lowest BCUT2D eigenvalue weighted by Gasteiger charge is -2.20. The van der Waals surface area contributed by atoms with E-state index < -0.39 is 0 Å². The molecule has 0 atom stereocenters. The normalized spacial score (nSPS) is 16.2. The van der Waals surface area contributed by atoms with Gasteiger partial charge in [0.2, 0.25) is 11.8 Å². The van der Waals surface area contributed by atoms with Gasteiger partial charge in [-0.25, -0.2) is 0 Å². The molecule has 1 fully saturated rings. The summed E-state index contributed by atoms with van der Waals surface area (Å²) in [6.07, 6.45) is 4.38. The van der Waals surface area contributed by atoms with Crippen LogP contribution in [-0.2, 0) is 9.59 Å². The highest BCUT2D eigenvalue weighted by Gasteiger charge is 2.18. The first-order valence-electron chi connectivity index (χ1n) is 8.59. The molecule has 1 heterocycles. The molecule has 0 bridgehead atoms. The fourth-order valence-electron chi connectivity index (χ4n) is 3.23. The molecule has 1 aliphatic heterocycles. The summed E-state index contributed by atoms with van der Waals surface area (Å²) < 4.78 is 0. The lowest BCUT2D eigenvalue weighted by atomic mass is 10.0. The summed E-state index contributed by atoms with van der Waals surface area (Å²) in [6, 6.07) is 14.2. The number of carbonyl (C=O) groups excluding carboxylic acids is 2. The Morgan fingerprint density at radius 3 is 2.64 bits per heavy atom. The molecule has 1 saturated heterocycles. The number of hydrogen-bond acceptors (Lipinski definition) is 3. The van der Waals surface area contributed by atoms with E-state index in [2.05, 4.69) is 18.2 Å². The Morgan fingerprint density at radius 2 is 1.80 bits per heavy atom. The molecule has 25 heavy (non-hydrogen) atoms. The number of carbonyl (C=O) groups is 2.